The summed E-state index contributed by atoms with van der Waals surface area (Å²) in [5.74, 6) is 0.598. The maximum Gasteiger partial charge on any atom is 0.284 e. The van der Waals surface area contributed by atoms with Gasteiger partial charge in [-0.2, -0.15) is 0 Å². The van der Waals surface area contributed by atoms with Crippen molar-refractivity contribution in [2.24, 2.45) is 0 Å². The molecule has 0 bridgehead atoms. The molecule has 21 heavy (non-hydrogen) atoms. The van der Waals surface area contributed by atoms with Crippen molar-refractivity contribution in [1.82, 2.24) is 14.5 Å². The Morgan fingerprint density at radius 1 is 1.38 bits per heavy atom. The van der Waals surface area contributed by atoms with Gasteiger partial charge in [0.2, 0.25) is 0 Å². The van der Waals surface area contributed by atoms with Gasteiger partial charge in [0.25, 0.3) is 11.6 Å². The summed E-state index contributed by atoms with van der Waals surface area (Å²) in [5, 5.41) is 10.9. The normalized spacial score (nSPS) is 13.9. The maximum absolute atomic E-state index is 12.5. The lowest BCUT2D eigenvalue weighted by atomic mass is 10.1. The van der Waals surface area contributed by atoms with Crippen molar-refractivity contribution in [2.75, 3.05) is 6.54 Å². The fourth-order valence-corrected chi connectivity index (χ4v) is 2.71. The molecule has 7 nitrogen and oxygen atoms in total. The van der Waals surface area contributed by atoms with E-state index >= 15 is 0 Å². The van der Waals surface area contributed by atoms with Crippen molar-refractivity contribution in [1.29, 1.82) is 0 Å². The Morgan fingerprint density at radius 2 is 2.19 bits per heavy atom. The summed E-state index contributed by atoms with van der Waals surface area (Å²) >= 11 is 3.11. The lowest BCUT2D eigenvalue weighted by molar-refractivity contribution is -0.385. The fourth-order valence-electron chi connectivity index (χ4n) is 2.32. The van der Waals surface area contributed by atoms with Gasteiger partial charge in [0.1, 0.15) is 5.82 Å². The number of hydrogen-bond acceptors (Lipinski definition) is 4. The third-order valence-corrected chi connectivity index (χ3v) is 4.09. The second-order valence-electron chi connectivity index (χ2n) is 4.69. The van der Waals surface area contributed by atoms with Gasteiger partial charge in [-0.15, -0.1) is 0 Å². The molecule has 0 fully saturated rings. The molecule has 0 saturated heterocycles. The molecule has 1 amide bonds. The zero-order valence-electron chi connectivity index (χ0n) is 10.9. The van der Waals surface area contributed by atoms with Gasteiger partial charge in [-0.1, -0.05) is 0 Å². The number of halogens is 1. The number of carbonyl (C=O) groups is 1. The first-order chi connectivity index (χ1) is 10.1. The molecular formula is C13H11BrN4O3. The highest BCUT2D eigenvalue weighted by molar-refractivity contribution is 9.10. The lowest BCUT2D eigenvalue weighted by Gasteiger charge is -2.27. The molecule has 1 aliphatic rings. The number of rotatable bonds is 2. The van der Waals surface area contributed by atoms with E-state index in [2.05, 4.69) is 20.9 Å². The predicted octanol–water partition coefficient (Wildman–Crippen LogP) is 2.21. The molecule has 1 aromatic carbocycles. The topological polar surface area (TPSA) is 81.3 Å². The Kier molecular flexibility index (Phi) is 3.46. The highest BCUT2D eigenvalue weighted by Crippen LogP contribution is 2.26. The molecule has 3 rings (SSSR count). The van der Waals surface area contributed by atoms with E-state index in [4.69, 9.17) is 0 Å². The van der Waals surface area contributed by atoms with Crippen LogP contribution in [0.25, 0.3) is 0 Å². The average molecular weight is 351 g/mol. The molecular weight excluding hydrogens is 340 g/mol. The van der Waals surface area contributed by atoms with Gasteiger partial charge in [-0.25, -0.2) is 4.98 Å². The van der Waals surface area contributed by atoms with Gasteiger partial charge in [0.15, 0.2) is 0 Å². The molecule has 0 N–H and O–H groups in total. The van der Waals surface area contributed by atoms with Crippen LogP contribution in [0.15, 0.2) is 35.1 Å². The smallest absolute Gasteiger partial charge is 0.284 e. The number of aromatic nitrogens is 2. The number of hydrogen-bond donors (Lipinski definition) is 0. The van der Waals surface area contributed by atoms with Crippen LogP contribution in [0.2, 0.25) is 0 Å². The van der Waals surface area contributed by atoms with Crippen molar-refractivity contribution >= 4 is 27.5 Å². The minimum atomic E-state index is -0.510. The Balaban J connectivity index is 1.86. The highest BCUT2D eigenvalue weighted by Gasteiger charge is 2.24. The monoisotopic (exact) mass is 350 g/mol. The molecule has 0 aliphatic carbocycles. The van der Waals surface area contributed by atoms with Crippen LogP contribution in [-0.4, -0.2) is 31.8 Å². The molecule has 2 aromatic rings. The van der Waals surface area contributed by atoms with E-state index in [1.165, 1.54) is 12.1 Å². The highest BCUT2D eigenvalue weighted by atomic mass is 79.9. The first-order valence-corrected chi connectivity index (χ1v) is 7.09. The summed E-state index contributed by atoms with van der Waals surface area (Å²) in [6.07, 6.45) is 3.58. The van der Waals surface area contributed by atoms with Crippen LogP contribution in [0.4, 0.5) is 5.69 Å². The van der Waals surface area contributed by atoms with E-state index in [-0.39, 0.29) is 11.6 Å². The van der Waals surface area contributed by atoms with Crippen molar-refractivity contribution in [2.45, 2.75) is 13.1 Å². The van der Waals surface area contributed by atoms with Crippen LogP contribution < -0.4 is 0 Å². The number of benzene rings is 1. The van der Waals surface area contributed by atoms with Crippen LogP contribution in [0.1, 0.15) is 16.2 Å². The number of nitro groups is 1. The fraction of sp³-hybridized carbons (Fsp3) is 0.231. The Labute approximate surface area is 128 Å². The summed E-state index contributed by atoms with van der Waals surface area (Å²) < 4.78 is 2.35. The van der Waals surface area contributed by atoms with Crippen LogP contribution in [-0.2, 0) is 13.1 Å². The van der Waals surface area contributed by atoms with Gasteiger partial charge >= 0.3 is 0 Å². The first-order valence-electron chi connectivity index (χ1n) is 6.29. The molecule has 1 aliphatic heterocycles. The van der Waals surface area contributed by atoms with Gasteiger partial charge in [-0.05, 0) is 28.1 Å². The Morgan fingerprint density at radius 3 is 2.95 bits per heavy atom. The molecule has 0 spiro atoms. The summed E-state index contributed by atoms with van der Waals surface area (Å²) in [6.45, 7) is 1.65. The van der Waals surface area contributed by atoms with Crippen molar-refractivity contribution < 1.29 is 9.72 Å². The molecule has 8 heteroatoms. The van der Waals surface area contributed by atoms with Gasteiger partial charge < -0.3 is 9.47 Å². The molecule has 108 valence electrons. The molecule has 0 saturated carbocycles. The molecule has 2 heterocycles. The van der Waals surface area contributed by atoms with Crippen molar-refractivity contribution in [3.05, 3.63) is 56.6 Å². The largest absolute Gasteiger partial charge is 0.332 e. The number of fused-ring (bicyclic) bond motifs is 1. The van der Waals surface area contributed by atoms with E-state index in [1.807, 2.05) is 10.8 Å². The maximum atomic E-state index is 12.5. The van der Waals surface area contributed by atoms with E-state index in [0.29, 0.717) is 29.7 Å². The second kappa shape index (κ2) is 5.28. The molecule has 0 radical (unpaired) electrons. The predicted molar refractivity (Wildman–Crippen MR) is 77.8 cm³/mol. The van der Waals surface area contributed by atoms with Crippen LogP contribution in [0.3, 0.4) is 0 Å². The molecule has 0 unspecified atom stereocenters. The van der Waals surface area contributed by atoms with Crippen LogP contribution in [0, 0.1) is 10.1 Å². The second-order valence-corrected chi connectivity index (χ2v) is 5.54. The number of imidazole rings is 1. The lowest BCUT2D eigenvalue weighted by Crippen LogP contribution is -2.38. The van der Waals surface area contributed by atoms with Crippen molar-refractivity contribution in [3.63, 3.8) is 0 Å². The standard InChI is InChI=1S/C13H11BrN4O3/c14-10-2-1-9(7-11(10)18(20)21)13(19)17-6-5-16-4-3-15-12(16)8-17/h1-4,7H,5-6,8H2. The third-order valence-electron chi connectivity index (χ3n) is 3.42. The van der Waals surface area contributed by atoms with Gasteiger partial charge in [-0.3, -0.25) is 14.9 Å². The number of amides is 1. The quantitative estimate of drug-likeness (QED) is 0.614. The molecule has 1 aromatic heterocycles. The summed E-state index contributed by atoms with van der Waals surface area (Å²) in [7, 11) is 0. The van der Waals surface area contributed by atoms with E-state index in [0.717, 1.165) is 5.82 Å². The van der Waals surface area contributed by atoms with E-state index < -0.39 is 4.92 Å². The Bertz CT molecular complexity index is 728. The zero-order chi connectivity index (χ0) is 15.0. The number of nitrogens with zero attached hydrogens (tertiary/aromatic N) is 4. The SMILES string of the molecule is O=C(c1ccc(Br)c([N+](=O)[O-])c1)N1CCn2ccnc2C1. The minimum Gasteiger partial charge on any atom is -0.332 e. The third kappa shape index (κ3) is 2.54. The number of nitro benzene ring substituents is 1. The van der Waals surface area contributed by atoms with Crippen LogP contribution >= 0.6 is 15.9 Å². The summed E-state index contributed by atoms with van der Waals surface area (Å²) in [4.78, 5) is 28.7. The Hall–Kier alpha value is -2.22. The summed E-state index contributed by atoms with van der Waals surface area (Å²) in [6, 6.07) is 4.41. The number of carbonyl (C=O) groups excluding carboxylic acids is 1. The van der Waals surface area contributed by atoms with Crippen molar-refractivity contribution in [3.8, 4) is 0 Å². The average Bonchev–Trinajstić information content (AvgIpc) is 2.94. The van der Waals surface area contributed by atoms with Gasteiger partial charge in [0, 0.05) is 37.1 Å². The summed E-state index contributed by atoms with van der Waals surface area (Å²) in [5.41, 5.74) is 0.198. The van der Waals surface area contributed by atoms with Crippen LogP contribution in [0.5, 0.6) is 0 Å². The van der Waals surface area contributed by atoms with E-state index in [9.17, 15) is 14.9 Å². The molecule has 0 atom stereocenters. The van der Waals surface area contributed by atoms with E-state index in [1.54, 1.807) is 17.2 Å². The van der Waals surface area contributed by atoms with Gasteiger partial charge in [0.05, 0.1) is 15.9 Å². The minimum absolute atomic E-state index is 0.112. The zero-order valence-corrected chi connectivity index (χ0v) is 12.5. The first kappa shape index (κ1) is 13.7.